The first kappa shape index (κ1) is 18.5. The summed E-state index contributed by atoms with van der Waals surface area (Å²) >= 11 is 0. The van der Waals surface area contributed by atoms with E-state index in [2.05, 4.69) is 4.90 Å². The summed E-state index contributed by atoms with van der Waals surface area (Å²) in [6.45, 7) is 4.76. The van der Waals surface area contributed by atoms with Gasteiger partial charge in [-0.3, -0.25) is 9.59 Å². The van der Waals surface area contributed by atoms with Crippen LogP contribution in [0.15, 0.2) is 30.3 Å². The number of hydrogen-bond acceptors (Lipinski definition) is 2. The Kier molecular flexibility index (Phi) is 5.77. The summed E-state index contributed by atoms with van der Waals surface area (Å²) in [5, 5.41) is 0. The van der Waals surface area contributed by atoms with Gasteiger partial charge in [-0.05, 0) is 43.7 Å². The quantitative estimate of drug-likeness (QED) is 0.869. The van der Waals surface area contributed by atoms with Crippen molar-refractivity contribution in [1.29, 1.82) is 0 Å². The molecule has 0 spiro atoms. The van der Waals surface area contributed by atoms with Gasteiger partial charge in [-0.15, -0.1) is 0 Å². The van der Waals surface area contributed by atoms with Crippen molar-refractivity contribution in [3.05, 3.63) is 35.9 Å². The van der Waals surface area contributed by atoms with Crippen molar-refractivity contribution in [2.24, 2.45) is 5.92 Å². The number of fused-ring (bicyclic) bond motifs is 1. The summed E-state index contributed by atoms with van der Waals surface area (Å²) in [6.07, 6.45) is 7.60. The Balaban J connectivity index is 1.29. The largest absolute Gasteiger partial charge is 0.335 e. The van der Waals surface area contributed by atoms with E-state index in [1.54, 1.807) is 0 Å². The highest BCUT2D eigenvalue weighted by Crippen LogP contribution is 2.35. The standard InChI is InChI=1S/C22H31N3O2/c26-21(25-12-6-10-18-7-4-5-11-20(18)25)17-23-13-15-24(16-14-23)22(27)19-8-2-1-3-9-19/h1-3,8-9,18,20H,4-7,10-17H2/p+1/t18-,20-/m1/s1. The maximum absolute atomic E-state index is 13.0. The number of quaternary nitrogens is 1. The zero-order chi connectivity index (χ0) is 18.6. The molecule has 27 heavy (non-hydrogen) atoms. The minimum atomic E-state index is 0.113. The zero-order valence-corrected chi connectivity index (χ0v) is 16.2. The zero-order valence-electron chi connectivity index (χ0n) is 16.2. The highest BCUT2D eigenvalue weighted by molar-refractivity contribution is 5.94. The van der Waals surface area contributed by atoms with Crippen molar-refractivity contribution in [3.8, 4) is 0 Å². The third-order valence-electron chi connectivity index (χ3n) is 6.74. The fourth-order valence-corrected chi connectivity index (χ4v) is 5.22. The summed E-state index contributed by atoms with van der Waals surface area (Å²) < 4.78 is 0. The Morgan fingerprint density at radius 1 is 0.926 bits per heavy atom. The molecule has 2 saturated heterocycles. The molecule has 0 unspecified atom stereocenters. The number of likely N-dealkylation sites (tertiary alicyclic amines) is 1. The second-order valence-corrected chi connectivity index (χ2v) is 8.43. The Morgan fingerprint density at radius 2 is 1.63 bits per heavy atom. The molecule has 2 atom stereocenters. The minimum Gasteiger partial charge on any atom is -0.335 e. The van der Waals surface area contributed by atoms with Crippen LogP contribution in [-0.2, 0) is 4.79 Å². The van der Waals surface area contributed by atoms with Gasteiger partial charge in [-0.25, -0.2) is 0 Å². The lowest BCUT2D eigenvalue weighted by molar-refractivity contribution is -0.896. The molecule has 0 aromatic heterocycles. The minimum absolute atomic E-state index is 0.113. The van der Waals surface area contributed by atoms with Gasteiger partial charge in [0.25, 0.3) is 11.8 Å². The van der Waals surface area contributed by atoms with E-state index in [0.717, 1.165) is 44.2 Å². The molecule has 1 N–H and O–H groups in total. The van der Waals surface area contributed by atoms with Gasteiger partial charge in [0, 0.05) is 18.2 Å². The molecule has 1 aromatic carbocycles. The number of nitrogens with one attached hydrogen (secondary N) is 1. The van der Waals surface area contributed by atoms with Crippen LogP contribution < -0.4 is 4.90 Å². The smallest absolute Gasteiger partial charge is 0.278 e. The number of amides is 2. The predicted octanol–water partition coefficient (Wildman–Crippen LogP) is 1.21. The van der Waals surface area contributed by atoms with Crippen LogP contribution >= 0.6 is 0 Å². The first-order valence-corrected chi connectivity index (χ1v) is 10.7. The molecule has 5 heteroatoms. The van der Waals surface area contributed by atoms with Gasteiger partial charge in [0.05, 0.1) is 26.2 Å². The summed E-state index contributed by atoms with van der Waals surface area (Å²) in [4.78, 5) is 31.0. The van der Waals surface area contributed by atoms with Gasteiger partial charge in [0.2, 0.25) is 0 Å². The SMILES string of the molecule is O=C(c1ccccc1)N1CC[NH+](CC(=O)N2CCC[C@H]3CCCC[C@H]32)CC1. The number of rotatable bonds is 3. The molecule has 2 aliphatic heterocycles. The lowest BCUT2D eigenvalue weighted by atomic mass is 9.78. The van der Waals surface area contributed by atoms with E-state index in [-0.39, 0.29) is 5.91 Å². The third kappa shape index (κ3) is 4.18. The Morgan fingerprint density at radius 3 is 2.41 bits per heavy atom. The van der Waals surface area contributed by atoms with E-state index >= 15 is 0 Å². The van der Waals surface area contributed by atoms with Crippen LogP contribution in [-0.4, -0.2) is 66.9 Å². The van der Waals surface area contributed by atoms with Gasteiger partial charge in [0.15, 0.2) is 6.54 Å². The van der Waals surface area contributed by atoms with Gasteiger partial charge < -0.3 is 14.7 Å². The fourth-order valence-electron chi connectivity index (χ4n) is 5.22. The van der Waals surface area contributed by atoms with Gasteiger partial charge in [-0.2, -0.15) is 0 Å². The molecule has 0 bridgehead atoms. The molecule has 4 rings (SSSR count). The summed E-state index contributed by atoms with van der Waals surface area (Å²) in [5.74, 6) is 1.19. The molecule has 2 amide bonds. The van der Waals surface area contributed by atoms with Crippen LogP contribution in [0.25, 0.3) is 0 Å². The number of carbonyl (C=O) groups excluding carboxylic acids is 2. The van der Waals surface area contributed by atoms with Gasteiger partial charge in [0.1, 0.15) is 0 Å². The van der Waals surface area contributed by atoms with E-state index in [9.17, 15) is 9.59 Å². The number of benzene rings is 1. The van der Waals surface area contributed by atoms with Gasteiger partial charge >= 0.3 is 0 Å². The number of hydrogen-bond donors (Lipinski definition) is 1. The van der Waals surface area contributed by atoms with E-state index < -0.39 is 0 Å². The molecule has 146 valence electrons. The number of piperidine rings is 1. The topological polar surface area (TPSA) is 45.1 Å². The van der Waals surface area contributed by atoms with Crippen LogP contribution in [0, 0.1) is 5.92 Å². The molecule has 0 radical (unpaired) electrons. The molecule has 2 heterocycles. The highest BCUT2D eigenvalue weighted by Gasteiger charge is 2.37. The summed E-state index contributed by atoms with van der Waals surface area (Å²) in [5.41, 5.74) is 0.758. The molecule has 3 aliphatic rings. The van der Waals surface area contributed by atoms with E-state index in [4.69, 9.17) is 0 Å². The monoisotopic (exact) mass is 370 g/mol. The average molecular weight is 371 g/mol. The Labute approximate surface area is 162 Å². The van der Waals surface area contributed by atoms with E-state index in [1.807, 2.05) is 35.2 Å². The van der Waals surface area contributed by atoms with Crippen molar-refractivity contribution in [3.63, 3.8) is 0 Å². The van der Waals surface area contributed by atoms with E-state index in [0.29, 0.717) is 18.5 Å². The first-order valence-electron chi connectivity index (χ1n) is 10.7. The molecule has 1 aromatic rings. The Hall–Kier alpha value is -1.88. The third-order valence-corrected chi connectivity index (χ3v) is 6.74. The number of piperazine rings is 1. The average Bonchev–Trinajstić information content (AvgIpc) is 2.74. The second-order valence-electron chi connectivity index (χ2n) is 8.43. The van der Waals surface area contributed by atoms with Crippen LogP contribution in [0.1, 0.15) is 48.9 Å². The van der Waals surface area contributed by atoms with Crippen molar-refractivity contribution in [2.45, 2.75) is 44.6 Å². The Bertz CT molecular complexity index is 653. The number of carbonyl (C=O) groups is 2. The van der Waals surface area contributed by atoms with Crippen LogP contribution in [0.2, 0.25) is 0 Å². The second kappa shape index (κ2) is 8.42. The fraction of sp³-hybridized carbons (Fsp3) is 0.636. The summed E-state index contributed by atoms with van der Waals surface area (Å²) in [6, 6.07) is 10.0. The molecule has 5 nitrogen and oxygen atoms in total. The molecular formula is C22H32N3O2+. The lowest BCUT2D eigenvalue weighted by Gasteiger charge is -2.44. The normalized spacial score (nSPS) is 26.5. The molecule has 3 fully saturated rings. The van der Waals surface area contributed by atoms with Crippen molar-refractivity contribution >= 4 is 11.8 Å². The molecule has 1 aliphatic carbocycles. The van der Waals surface area contributed by atoms with Crippen molar-refractivity contribution in [1.82, 2.24) is 9.80 Å². The van der Waals surface area contributed by atoms with Crippen LogP contribution in [0.4, 0.5) is 0 Å². The predicted molar refractivity (Wildman–Crippen MR) is 105 cm³/mol. The maximum Gasteiger partial charge on any atom is 0.278 e. The van der Waals surface area contributed by atoms with Crippen molar-refractivity contribution < 1.29 is 14.5 Å². The summed E-state index contributed by atoms with van der Waals surface area (Å²) in [7, 11) is 0. The number of nitrogens with zero attached hydrogens (tertiary/aromatic N) is 2. The lowest BCUT2D eigenvalue weighted by Crippen LogP contribution is -3.16. The maximum atomic E-state index is 13.0. The van der Waals surface area contributed by atoms with Crippen LogP contribution in [0.5, 0.6) is 0 Å². The van der Waals surface area contributed by atoms with E-state index in [1.165, 1.54) is 43.4 Å². The van der Waals surface area contributed by atoms with Crippen molar-refractivity contribution in [2.75, 3.05) is 39.3 Å². The van der Waals surface area contributed by atoms with Gasteiger partial charge in [-0.1, -0.05) is 31.0 Å². The molecule has 1 saturated carbocycles. The van der Waals surface area contributed by atoms with Crippen LogP contribution in [0.3, 0.4) is 0 Å². The molecular weight excluding hydrogens is 338 g/mol. The highest BCUT2D eigenvalue weighted by atomic mass is 16.2. The first-order chi connectivity index (χ1) is 13.2.